The van der Waals surface area contributed by atoms with E-state index >= 15 is 0 Å². The zero-order chi connectivity index (χ0) is 11.3. The summed E-state index contributed by atoms with van der Waals surface area (Å²) in [6.07, 6.45) is 6.77. The second-order valence-electron chi connectivity index (χ2n) is 4.00. The molecule has 1 atom stereocenters. The molecule has 2 N–H and O–H groups in total. The van der Waals surface area contributed by atoms with Gasteiger partial charge in [0.2, 0.25) is 0 Å². The maximum Gasteiger partial charge on any atom is 0.164 e. The number of aromatic nitrogens is 2. The highest BCUT2D eigenvalue weighted by molar-refractivity contribution is 6.32. The van der Waals surface area contributed by atoms with Gasteiger partial charge in [-0.25, -0.2) is 0 Å². The minimum atomic E-state index is 0.432. The van der Waals surface area contributed by atoms with E-state index in [4.69, 9.17) is 17.3 Å². The van der Waals surface area contributed by atoms with E-state index in [1.807, 2.05) is 10.9 Å². The number of hydrogen-bond donors (Lipinski definition) is 1. The van der Waals surface area contributed by atoms with E-state index in [2.05, 4.69) is 18.9 Å². The molecule has 0 bridgehead atoms. The van der Waals surface area contributed by atoms with E-state index in [1.165, 1.54) is 25.7 Å². The molecule has 3 nitrogen and oxygen atoms in total. The SMILES string of the molecule is CCCCC(CC)Cn1cc(Cl)c(N)n1. The molecule has 4 heteroatoms. The number of halogens is 1. The molecular weight excluding hydrogens is 210 g/mol. The second kappa shape index (κ2) is 6.01. The van der Waals surface area contributed by atoms with E-state index in [0.29, 0.717) is 16.8 Å². The maximum absolute atomic E-state index is 5.85. The van der Waals surface area contributed by atoms with Crippen LogP contribution in [0.3, 0.4) is 0 Å². The van der Waals surface area contributed by atoms with Crippen LogP contribution in [0.25, 0.3) is 0 Å². The number of nitrogens with zero attached hydrogens (tertiary/aromatic N) is 2. The molecule has 0 aliphatic rings. The quantitative estimate of drug-likeness (QED) is 0.813. The van der Waals surface area contributed by atoms with Gasteiger partial charge in [-0.2, -0.15) is 5.10 Å². The first-order chi connectivity index (χ1) is 7.17. The summed E-state index contributed by atoms with van der Waals surface area (Å²) < 4.78 is 1.86. The summed E-state index contributed by atoms with van der Waals surface area (Å²) in [5, 5.41) is 4.72. The summed E-state index contributed by atoms with van der Waals surface area (Å²) in [7, 11) is 0. The summed E-state index contributed by atoms with van der Waals surface area (Å²) in [6, 6.07) is 0. The molecule has 1 heterocycles. The fraction of sp³-hybridized carbons (Fsp3) is 0.727. The lowest BCUT2D eigenvalue weighted by atomic mass is 10.00. The van der Waals surface area contributed by atoms with Crippen molar-refractivity contribution in [2.24, 2.45) is 5.92 Å². The monoisotopic (exact) mass is 229 g/mol. The third-order valence-corrected chi connectivity index (χ3v) is 3.02. The zero-order valence-corrected chi connectivity index (χ0v) is 10.3. The van der Waals surface area contributed by atoms with Gasteiger partial charge in [0.05, 0.1) is 0 Å². The number of anilines is 1. The lowest BCUT2D eigenvalue weighted by Crippen LogP contribution is -2.10. The Hall–Kier alpha value is -0.700. The van der Waals surface area contributed by atoms with Crippen molar-refractivity contribution in [2.75, 3.05) is 5.73 Å². The van der Waals surface area contributed by atoms with Crippen LogP contribution in [0.5, 0.6) is 0 Å². The Labute approximate surface area is 96.6 Å². The minimum Gasteiger partial charge on any atom is -0.381 e. The maximum atomic E-state index is 5.85. The molecule has 0 radical (unpaired) electrons. The largest absolute Gasteiger partial charge is 0.381 e. The van der Waals surface area contributed by atoms with Gasteiger partial charge in [0, 0.05) is 12.7 Å². The van der Waals surface area contributed by atoms with Crippen molar-refractivity contribution in [1.29, 1.82) is 0 Å². The third kappa shape index (κ3) is 3.74. The van der Waals surface area contributed by atoms with Crippen LogP contribution >= 0.6 is 11.6 Å². The molecule has 1 aromatic heterocycles. The Balaban J connectivity index is 2.50. The molecule has 0 amide bonds. The number of hydrogen-bond acceptors (Lipinski definition) is 2. The molecule has 0 fully saturated rings. The third-order valence-electron chi connectivity index (χ3n) is 2.73. The number of unbranched alkanes of at least 4 members (excludes halogenated alkanes) is 1. The van der Waals surface area contributed by atoms with Gasteiger partial charge in [-0.15, -0.1) is 0 Å². The van der Waals surface area contributed by atoms with Crippen molar-refractivity contribution < 1.29 is 0 Å². The topological polar surface area (TPSA) is 43.8 Å². The van der Waals surface area contributed by atoms with Crippen molar-refractivity contribution in [1.82, 2.24) is 9.78 Å². The number of nitrogen functional groups attached to an aromatic ring is 1. The van der Waals surface area contributed by atoms with Crippen molar-refractivity contribution >= 4 is 17.4 Å². The molecule has 1 aromatic rings. The first kappa shape index (κ1) is 12.4. The van der Waals surface area contributed by atoms with E-state index in [-0.39, 0.29) is 0 Å². The summed E-state index contributed by atoms with van der Waals surface area (Å²) in [5.41, 5.74) is 5.59. The molecule has 0 saturated heterocycles. The predicted molar refractivity (Wildman–Crippen MR) is 65.0 cm³/mol. The normalized spacial score (nSPS) is 13.0. The number of nitrogens with two attached hydrogens (primary N) is 1. The summed E-state index contributed by atoms with van der Waals surface area (Å²) in [4.78, 5) is 0. The van der Waals surface area contributed by atoms with Crippen LogP contribution in [-0.2, 0) is 6.54 Å². The van der Waals surface area contributed by atoms with E-state index in [1.54, 1.807) is 0 Å². The van der Waals surface area contributed by atoms with Gasteiger partial charge in [0.15, 0.2) is 5.82 Å². The Kier molecular flexibility index (Phi) is 4.95. The van der Waals surface area contributed by atoms with Gasteiger partial charge < -0.3 is 5.73 Å². The highest BCUT2D eigenvalue weighted by Gasteiger charge is 2.09. The fourth-order valence-corrected chi connectivity index (χ4v) is 1.84. The van der Waals surface area contributed by atoms with E-state index < -0.39 is 0 Å². The van der Waals surface area contributed by atoms with Crippen molar-refractivity contribution in [3.8, 4) is 0 Å². The van der Waals surface area contributed by atoms with Crippen molar-refractivity contribution in [3.63, 3.8) is 0 Å². The lowest BCUT2D eigenvalue weighted by molar-refractivity contribution is 0.373. The average Bonchev–Trinajstić information content (AvgIpc) is 2.53. The minimum absolute atomic E-state index is 0.432. The van der Waals surface area contributed by atoms with Crippen molar-refractivity contribution in [3.05, 3.63) is 11.2 Å². The highest BCUT2D eigenvalue weighted by atomic mass is 35.5. The van der Waals surface area contributed by atoms with Crippen LogP contribution in [0.15, 0.2) is 6.20 Å². The van der Waals surface area contributed by atoms with Crippen LogP contribution in [-0.4, -0.2) is 9.78 Å². The molecule has 15 heavy (non-hydrogen) atoms. The molecule has 1 unspecified atom stereocenters. The molecular formula is C11H20ClN3. The van der Waals surface area contributed by atoms with Gasteiger partial charge in [-0.3, -0.25) is 4.68 Å². The summed E-state index contributed by atoms with van der Waals surface area (Å²) in [6.45, 7) is 5.36. The van der Waals surface area contributed by atoms with Gasteiger partial charge in [-0.05, 0) is 12.3 Å². The van der Waals surface area contributed by atoms with Crippen LogP contribution in [0.2, 0.25) is 5.02 Å². The first-order valence-electron chi connectivity index (χ1n) is 5.65. The Bertz CT molecular complexity index is 277. The molecule has 0 saturated carbocycles. The van der Waals surface area contributed by atoms with Gasteiger partial charge in [0.25, 0.3) is 0 Å². The summed E-state index contributed by atoms with van der Waals surface area (Å²) >= 11 is 5.85. The summed E-state index contributed by atoms with van der Waals surface area (Å²) in [5.74, 6) is 1.11. The molecule has 1 rings (SSSR count). The lowest BCUT2D eigenvalue weighted by Gasteiger charge is -2.13. The molecule has 0 aliphatic carbocycles. The van der Waals surface area contributed by atoms with Crippen LogP contribution in [0.1, 0.15) is 39.5 Å². The predicted octanol–water partition coefficient (Wildman–Crippen LogP) is 3.34. The van der Waals surface area contributed by atoms with E-state index in [9.17, 15) is 0 Å². The highest BCUT2D eigenvalue weighted by Crippen LogP contribution is 2.19. The van der Waals surface area contributed by atoms with Crippen LogP contribution in [0, 0.1) is 5.92 Å². The van der Waals surface area contributed by atoms with Gasteiger partial charge in [-0.1, -0.05) is 44.7 Å². The smallest absolute Gasteiger partial charge is 0.164 e. The molecule has 0 aliphatic heterocycles. The molecule has 0 spiro atoms. The van der Waals surface area contributed by atoms with Crippen LogP contribution < -0.4 is 5.73 Å². The van der Waals surface area contributed by atoms with Crippen molar-refractivity contribution in [2.45, 2.75) is 46.1 Å². The fourth-order valence-electron chi connectivity index (χ4n) is 1.69. The standard InChI is InChI=1S/C11H20ClN3/c1-3-5-6-9(4-2)7-15-8-10(12)11(13)14-15/h8-9H,3-7H2,1-2H3,(H2,13,14). The molecule has 0 aromatic carbocycles. The Morgan fingerprint density at radius 3 is 2.73 bits per heavy atom. The first-order valence-corrected chi connectivity index (χ1v) is 6.03. The zero-order valence-electron chi connectivity index (χ0n) is 9.54. The van der Waals surface area contributed by atoms with Gasteiger partial charge in [0.1, 0.15) is 5.02 Å². The average molecular weight is 230 g/mol. The Morgan fingerprint density at radius 1 is 1.53 bits per heavy atom. The number of rotatable bonds is 6. The van der Waals surface area contributed by atoms with E-state index in [0.717, 1.165) is 6.54 Å². The van der Waals surface area contributed by atoms with Crippen LogP contribution in [0.4, 0.5) is 5.82 Å². The van der Waals surface area contributed by atoms with Gasteiger partial charge >= 0.3 is 0 Å². The second-order valence-corrected chi connectivity index (χ2v) is 4.41. The molecule has 86 valence electrons. The Morgan fingerprint density at radius 2 is 2.27 bits per heavy atom.